The number of nitrogens with zero attached hydrogens (tertiary/aromatic N) is 1. The van der Waals surface area contributed by atoms with Gasteiger partial charge in [-0.2, -0.15) is 0 Å². The first-order chi connectivity index (χ1) is 11.1. The molecular formula is C21H22NP. The molecule has 0 saturated heterocycles. The highest BCUT2D eigenvalue weighted by Gasteiger charge is 2.19. The lowest BCUT2D eigenvalue weighted by Crippen LogP contribution is -2.23. The van der Waals surface area contributed by atoms with Gasteiger partial charge in [0.2, 0.25) is 0 Å². The molecule has 2 aromatic carbocycles. The second-order valence-electron chi connectivity index (χ2n) is 6.66. The third-order valence-electron chi connectivity index (χ3n) is 3.87. The summed E-state index contributed by atoms with van der Waals surface area (Å²) in [5.41, 5.74) is 2.57. The third-order valence-corrected chi connectivity index (χ3v) is 6.22. The summed E-state index contributed by atoms with van der Waals surface area (Å²) in [5.74, 6) is 0. The van der Waals surface area contributed by atoms with Gasteiger partial charge in [0.05, 0.1) is 5.44 Å². The van der Waals surface area contributed by atoms with Gasteiger partial charge in [0, 0.05) is 14.1 Å². The number of hydrogen-bond donors (Lipinski definition) is 0. The minimum atomic E-state index is -0.605. The summed E-state index contributed by atoms with van der Waals surface area (Å²) in [7, 11) is -0.605. The van der Waals surface area contributed by atoms with Gasteiger partial charge >= 0.3 is 0 Å². The van der Waals surface area contributed by atoms with Crippen LogP contribution in [0.1, 0.15) is 26.3 Å². The quantitative estimate of drug-likeness (QED) is 0.661. The van der Waals surface area contributed by atoms with Crippen LogP contribution in [0, 0.1) is 0 Å². The van der Waals surface area contributed by atoms with Crippen LogP contribution in [-0.2, 0) is 5.41 Å². The zero-order valence-corrected chi connectivity index (χ0v) is 14.8. The van der Waals surface area contributed by atoms with Gasteiger partial charge in [-0.25, -0.2) is 0 Å². The van der Waals surface area contributed by atoms with Crippen LogP contribution in [0.4, 0.5) is 0 Å². The van der Waals surface area contributed by atoms with E-state index in [9.17, 15) is 0 Å². The van der Waals surface area contributed by atoms with Crippen molar-refractivity contribution in [2.75, 3.05) is 0 Å². The van der Waals surface area contributed by atoms with E-state index in [0.717, 1.165) is 5.44 Å². The molecule has 1 aromatic heterocycles. The second-order valence-corrected chi connectivity index (χ2v) is 8.82. The van der Waals surface area contributed by atoms with Gasteiger partial charge in [-0.15, -0.1) is 0 Å². The minimum absolute atomic E-state index is 0.133. The maximum absolute atomic E-state index is 4.83. The van der Waals surface area contributed by atoms with E-state index >= 15 is 0 Å². The maximum atomic E-state index is 4.83. The summed E-state index contributed by atoms with van der Waals surface area (Å²) in [6, 6.07) is 25.8. The first-order valence-corrected chi connectivity index (χ1v) is 9.26. The van der Waals surface area contributed by atoms with Gasteiger partial charge in [-0.3, -0.25) is 4.98 Å². The molecule has 0 radical (unpaired) electrons. The number of pyridine rings is 1. The lowest BCUT2D eigenvalue weighted by atomic mass is 9.88. The molecule has 0 aliphatic heterocycles. The van der Waals surface area contributed by atoms with Crippen LogP contribution in [0.15, 0.2) is 79.0 Å². The molecule has 0 bridgehead atoms. The fourth-order valence-corrected chi connectivity index (χ4v) is 4.69. The van der Waals surface area contributed by atoms with Crippen LogP contribution in [0.2, 0.25) is 0 Å². The molecule has 2 heteroatoms. The van der Waals surface area contributed by atoms with Crippen LogP contribution in [0.25, 0.3) is 0 Å². The number of hydrogen-bond acceptors (Lipinski definition) is 1. The van der Waals surface area contributed by atoms with Gasteiger partial charge in [0.25, 0.3) is 0 Å². The van der Waals surface area contributed by atoms with Crippen LogP contribution in [0.5, 0.6) is 0 Å². The molecule has 0 aliphatic carbocycles. The van der Waals surface area contributed by atoms with Crippen LogP contribution in [-0.4, -0.2) is 4.98 Å². The standard InChI is InChI=1S/C21H22NP/c1-21(2,3)17-14-15-20(22-16-17)23(18-10-6-4-7-11-18)19-12-8-5-9-13-19/h4-16H,1-3H3. The summed E-state index contributed by atoms with van der Waals surface area (Å²) in [6.45, 7) is 6.67. The Morgan fingerprint density at radius 1 is 0.696 bits per heavy atom. The van der Waals surface area contributed by atoms with Crippen molar-refractivity contribution in [3.63, 3.8) is 0 Å². The molecule has 0 amide bonds. The number of rotatable bonds is 3. The molecule has 0 aliphatic rings. The summed E-state index contributed by atoms with van der Waals surface area (Å²) in [5, 5.41) is 2.68. The molecule has 0 N–H and O–H groups in total. The number of benzene rings is 2. The lowest BCUT2D eigenvalue weighted by molar-refractivity contribution is 0.588. The predicted molar refractivity (Wildman–Crippen MR) is 102 cm³/mol. The molecule has 1 heterocycles. The Bertz CT molecular complexity index is 704. The Morgan fingerprint density at radius 2 is 1.22 bits per heavy atom. The van der Waals surface area contributed by atoms with E-state index in [1.165, 1.54) is 16.2 Å². The molecule has 3 aromatic rings. The van der Waals surface area contributed by atoms with E-state index in [2.05, 4.69) is 93.6 Å². The van der Waals surface area contributed by atoms with Crippen molar-refractivity contribution >= 4 is 24.0 Å². The number of aromatic nitrogens is 1. The van der Waals surface area contributed by atoms with Gasteiger partial charge in [0.15, 0.2) is 0 Å². The Labute approximate surface area is 140 Å². The molecule has 0 atom stereocenters. The van der Waals surface area contributed by atoms with Gasteiger partial charge < -0.3 is 0 Å². The van der Waals surface area contributed by atoms with Crippen molar-refractivity contribution in [3.8, 4) is 0 Å². The van der Waals surface area contributed by atoms with Crippen LogP contribution >= 0.6 is 7.92 Å². The summed E-state index contributed by atoms with van der Waals surface area (Å²) in [4.78, 5) is 4.83. The van der Waals surface area contributed by atoms with Gasteiger partial charge in [-0.05, 0) is 27.7 Å². The molecule has 0 saturated carbocycles. The van der Waals surface area contributed by atoms with Crippen molar-refractivity contribution in [1.82, 2.24) is 4.98 Å². The molecule has 0 spiro atoms. The molecule has 116 valence electrons. The fourth-order valence-electron chi connectivity index (χ4n) is 2.53. The van der Waals surface area contributed by atoms with Gasteiger partial charge in [0.1, 0.15) is 0 Å². The second kappa shape index (κ2) is 6.64. The van der Waals surface area contributed by atoms with E-state index < -0.39 is 7.92 Å². The van der Waals surface area contributed by atoms with Crippen LogP contribution < -0.4 is 16.0 Å². The largest absolute Gasteiger partial charge is 0.256 e. The summed E-state index contributed by atoms with van der Waals surface area (Å²) in [6.07, 6.45) is 2.04. The Balaban J connectivity index is 2.06. The molecule has 23 heavy (non-hydrogen) atoms. The van der Waals surface area contributed by atoms with Crippen molar-refractivity contribution in [2.24, 2.45) is 0 Å². The first kappa shape index (κ1) is 15.9. The first-order valence-electron chi connectivity index (χ1n) is 7.92. The average molecular weight is 319 g/mol. The Morgan fingerprint density at radius 3 is 1.61 bits per heavy atom. The highest BCUT2D eigenvalue weighted by atomic mass is 31.1. The van der Waals surface area contributed by atoms with Crippen molar-refractivity contribution in [3.05, 3.63) is 84.6 Å². The van der Waals surface area contributed by atoms with Crippen LogP contribution in [0.3, 0.4) is 0 Å². The molecule has 1 nitrogen and oxygen atoms in total. The molecule has 0 unspecified atom stereocenters. The molecule has 3 rings (SSSR count). The topological polar surface area (TPSA) is 12.9 Å². The van der Waals surface area contributed by atoms with E-state index in [4.69, 9.17) is 4.98 Å². The SMILES string of the molecule is CC(C)(C)c1ccc(P(c2ccccc2)c2ccccc2)nc1. The smallest absolute Gasteiger partial charge is 0.0721 e. The monoisotopic (exact) mass is 319 g/mol. The highest BCUT2D eigenvalue weighted by molar-refractivity contribution is 7.79. The van der Waals surface area contributed by atoms with Crippen molar-refractivity contribution < 1.29 is 0 Å². The minimum Gasteiger partial charge on any atom is -0.256 e. The normalized spacial score (nSPS) is 11.7. The zero-order chi connectivity index (χ0) is 16.3. The predicted octanol–water partition coefficient (Wildman–Crippen LogP) is 4.14. The zero-order valence-electron chi connectivity index (χ0n) is 13.9. The van der Waals surface area contributed by atoms with E-state index in [1.807, 2.05) is 6.20 Å². The van der Waals surface area contributed by atoms with Crippen molar-refractivity contribution in [1.29, 1.82) is 0 Å². The lowest BCUT2D eigenvalue weighted by Gasteiger charge is -2.21. The molecular weight excluding hydrogens is 297 g/mol. The highest BCUT2D eigenvalue weighted by Crippen LogP contribution is 2.32. The van der Waals surface area contributed by atoms with Crippen molar-refractivity contribution in [2.45, 2.75) is 26.2 Å². The summed E-state index contributed by atoms with van der Waals surface area (Å²) >= 11 is 0. The third kappa shape index (κ3) is 3.68. The van der Waals surface area contributed by atoms with E-state index in [0.29, 0.717) is 0 Å². The van der Waals surface area contributed by atoms with Gasteiger partial charge in [-0.1, -0.05) is 87.5 Å². The maximum Gasteiger partial charge on any atom is 0.0721 e. The average Bonchev–Trinajstić information content (AvgIpc) is 2.57. The molecule has 0 fully saturated rings. The Hall–Kier alpha value is -1.98. The summed E-state index contributed by atoms with van der Waals surface area (Å²) < 4.78 is 0. The van der Waals surface area contributed by atoms with E-state index in [1.54, 1.807) is 0 Å². The Kier molecular flexibility index (Phi) is 4.59. The fraction of sp³-hybridized carbons (Fsp3) is 0.190. The van der Waals surface area contributed by atoms with E-state index in [-0.39, 0.29) is 5.41 Å².